The predicted molar refractivity (Wildman–Crippen MR) is 43.4 cm³/mol. The van der Waals surface area contributed by atoms with Crippen LogP contribution in [-0.2, 0) is 9.59 Å². The largest absolute Gasteiger partial charge is 0.404 e. The van der Waals surface area contributed by atoms with E-state index in [1.54, 1.807) is 0 Å². The first-order chi connectivity index (χ1) is 5.69. The maximum absolute atomic E-state index is 11.0. The van der Waals surface area contributed by atoms with Crippen LogP contribution in [0.4, 0.5) is 0 Å². The normalized spacial score (nSPS) is 24.8. The van der Waals surface area contributed by atoms with Gasteiger partial charge in [0.2, 0.25) is 5.91 Å². The molecule has 0 aromatic heterocycles. The topological polar surface area (TPSA) is 84.5 Å². The summed E-state index contributed by atoms with van der Waals surface area (Å²) < 4.78 is 0. The molecule has 5 heteroatoms. The Kier molecular flexibility index (Phi) is 2.23. The van der Waals surface area contributed by atoms with Crippen molar-refractivity contribution in [3.63, 3.8) is 0 Å². The van der Waals surface area contributed by atoms with Gasteiger partial charge < -0.3 is 5.73 Å². The lowest BCUT2D eigenvalue weighted by atomic mass is 10.0. The molecule has 0 spiro atoms. The van der Waals surface area contributed by atoms with Crippen molar-refractivity contribution in [2.75, 3.05) is 7.05 Å². The summed E-state index contributed by atoms with van der Waals surface area (Å²) in [5.41, 5.74) is 5.90. The average Bonchev–Trinajstić information content (AvgIpc) is 2.03. The van der Waals surface area contributed by atoms with Gasteiger partial charge in [-0.2, -0.15) is 0 Å². The van der Waals surface area contributed by atoms with Crippen LogP contribution in [-0.4, -0.2) is 24.6 Å². The lowest BCUT2D eigenvalue weighted by molar-refractivity contribution is -0.128. The van der Waals surface area contributed by atoms with Crippen molar-refractivity contribution in [1.82, 2.24) is 5.32 Å². The van der Waals surface area contributed by atoms with Crippen LogP contribution >= 0.6 is 0 Å². The van der Waals surface area contributed by atoms with Crippen molar-refractivity contribution in [2.24, 2.45) is 10.7 Å². The van der Waals surface area contributed by atoms with Crippen molar-refractivity contribution < 1.29 is 9.59 Å². The Labute approximate surface area is 69.3 Å². The van der Waals surface area contributed by atoms with Crippen molar-refractivity contribution in [3.05, 3.63) is 11.8 Å². The second kappa shape index (κ2) is 3.17. The number of rotatable bonds is 0. The first kappa shape index (κ1) is 8.45. The molecule has 1 aliphatic heterocycles. The third-order valence-electron chi connectivity index (χ3n) is 1.57. The smallest absolute Gasteiger partial charge is 0.261 e. The molecule has 5 nitrogen and oxygen atoms in total. The summed E-state index contributed by atoms with van der Waals surface area (Å²) in [4.78, 5) is 25.7. The molecule has 64 valence electrons. The molecule has 0 bridgehead atoms. The van der Waals surface area contributed by atoms with Gasteiger partial charge in [0.05, 0.1) is 17.7 Å². The van der Waals surface area contributed by atoms with E-state index in [-0.39, 0.29) is 17.9 Å². The van der Waals surface area contributed by atoms with E-state index in [9.17, 15) is 9.59 Å². The molecule has 1 saturated heterocycles. The zero-order valence-corrected chi connectivity index (χ0v) is 6.63. The van der Waals surface area contributed by atoms with Gasteiger partial charge in [0.15, 0.2) is 0 Å². The van der Waals surface area contributed by atoms with Crippen molar-refractivity contribution in [1.29, 1.82) is 0 Å². The number of nitrogens with zero attached hydrogens (tertiary/aromatic N) is 1. The highest BCUT2D eigenvalue weighted by atomic mass is 16.2. The van der Waals surface area contributed by atoms with Crippen molar-refractivity contribution >= 4 is 17.5 Å². The molecule has 0 aromatic carbocycles. The van der Waals surface area contributed by atoms with E-state index in [4.69, 9.17) is 5.73 Å². The maximum Gasteiger partial charge on any atom is 0.261 e. The van der Waals surface area contributed by atoms with Crippen LogP contribution in [0.25, 0.3) is 0 Å². The second-order valence-corrected chi connectivity index (χ2v) is 2.30. The summed E-state index contributed by atoms with van der Waals surface area (Å²) in [5, 5.41) is 2.14. The Hall–Kier alpha value is -1.65. The number of piperidine rings is 1. The Morgan fingerprint density at radius 2 is 2.25 bits per heavy atom. The molecule has 0 saturated carbocycles. The van der Waals surface area contributed by atoms with E-state index in [2.05, 4.69) is 10.3 Å². The van der Waals surface area contributed by atoms with Gasteiger partial charge in [0, 0.05) is 13.2 Å². The number of hydrogen-bond acceptors (Lipinski definition) is 4. The van der Waals surface area contributed by atoms with Gasteiger partial charge in [0.25, 0.3) is 5.91 Å². The maximum atomic E-state index is 11.0. The van der Waals surface area contributed by atoms with E-state index >= 15 is 0 Å². The van der Waals surface area contributed by atoms with Gasteiger partial charge in [0.1, 0.15) is 0 Å². The van der Waals surface area contributed by atoms with Crippen LogP contribution in [0.5, 0.6) is 0 Å². The summed E-state index contributed by atoms with van der Waals surface area (Å²) >= 11 is 0. The number of carbonyl (C=O) groups is 2. The van der Waals surface area contributed by atoms with Gasteiger partial charge >= 0.3 is 0 Å². The highest BCUT2D eigenvalue weighted by molar-refractivity contribution is 6.32. The third-order valence-corrected chi connectivity index (χ3v) is 1.57. The fourth-order valence-corrected chi connectivity index (χ4v) is 0.988. The highest BCUT2D eigenvalue weighted by Gasteiger charge is 2.25. The first-order valence-corrected chi connectivity index (χ1v) is 3.41. The number of carbonyl (C=O) groups excluding carboxylic acids is 2. The monoisotopic (exact) mass is 167 g/mol. The van der Waals surface area contributed by atoms with Gasteiger partial charge in [-0.1, -0.05) is 0 Å². The Bertz CT molecular complexity index is 291. The predicted octanol–water partition coefficient (Wildman–Crippen LogP) is -1.05. The Morgan fingerprint density at radius 3 is 2.75 bits per heavy atom. The van der Waals surface area contributed by atoms with Crippen LogP contribution < -0.4 is 11.1 Å². The molecule has 12 heavy (non-hydrogen) atoms. The molecular formula is C7H9N3O2. The molecule has 0 radical (unpaired) electrons. The van der Waals surface area contributed by atoms with Crippen LogP contribution in [0.1, 0.15) is 6.42 Å². The summed E-state index contributed by atoms with van der Waals surface area (Å²) in [6, 6.07) is 0. The third kappa shape index (κ3) is 1.34. The van der Waals surface area contributed by atoms with E-state index in [0.717, 1.165) is 6.20 Å². The quantitative estimate of drug-likeness (QED) is 0.356. The van der Waals surface area contributed by atoms with Crippen LogP contribution in [0, 0.1) is 0 Å². The second-order valence-electron chi connectivity index (χ2n) is 2.30. The molecule has 3 N–H and O–H groups in total. The molecule has 1 aliphatic rings. The number of nitrogens with one attached hydrogen (secondary N) is 1. The number of imide groups is 1. The Balaban J connectivity index is 3.01. The zero-order chi connectivity index (χ0) is 9.14. The zero-order valence-electron chi connectivity index (χ0n) is 6.63. The molecule has 1 fully saturated rings. The van der Waals surface area contributed by atoms with E-state index in [1.807, 2.05) is 0 Å². The molecule has 2 amide bonds. The van der Waals surface area contributed by atoms with Gasteiger partial charge in [-0.25, -0.2) is 0 Å². The minimum absolute atomic E-state index is 0.116. The standard InChI is InChI=1S/C7H9N3O2/c1-9-5-2-6(11)10-7(12)4(5)3-8/h3H,2,8H2,1H3,(H,10,11,12)/b4-3+,9-5?. The SMILES string of the molecule is CN=C1CC(=O)NC(=O)/C1=C/N. The molecule has 1 rings (SSSR count). The number of aliphatic imine (C=N–C) groups is 1. The van der Waals surface area contributed by atoms with E-state index in [0.29, 0.717) is 5.71 Å². The fraction of sp³-hybridized carbons (Fsp3) is 0.286. The number of amides is 2. The lowest BCUT2D eigenvalue weighted by Gasteiger charge is -2.14. The van der Waals surface area contributed by atoms with Crippen molar-refractivity contribution in [2.45, 2.75) is 6.42 Å². The molecule has 0 aromatic rings. The van der Waals surface area contributed by atoms with E-state index in [1.165, 1.54) is 7.05 Å². The summed E-state index contributed by atoms with van der Waals surface area (Å²) in [6.45, 7) is 0. The van der Waals surface area contributed by atoms with Crippen LogP contribution in [0.3, 0.4) is 0 Å². The molecule has 1 heterocycles. The fourth-order valence-electron chi connectivity index (χ4n) is 0.988. The average molecular weight is 167 g/mol. The molecule has 0 atom stereocenters. The number of hydrogen-bond donors (Lipinski definition) is 2. The van der Waals surface area contributed by atoms with Gasteiger partial charge in [-0.05, 0) is 0 Å². The number of nitrogens with two attached hydrogens (primary N) is 1. The molecular weight excluding hydrogens is 158 g/mol. The summed E-state index contributed by atoms with van der Waals surface area (Å²) in [7, 11) is 1.52. The van der Waals surface area contributed by atoms with Crippen LogP contribution in [0.15, 0.2) is 16.8 Å². The summed E-state index contributed by atoms with van der Waals surface area (Å²) in [6.07, 6.45) is 1.27. The van der Waals surface area contributed by atoms with Crippen molar-refractivity contribution in [3.8, 4) is 0 Å². The minimum Gasteiger partial charge on any atom is -0.404 e. The van der Waals surface area contributed by atoms with E-state index < -0.39 is 5.91 Å². The van der Waals surface area contributed by atoms with Gasteiger partial charge in [-0.15, -0.1) is 0 Å². The Morgan fingerprint density at radius 1 is 1.58 bits per heavy atom. The van der Waals surface area contributed by atoms with Crippen LogP contribution in [0.2, 0.25) is 0 Å². The lowest BCUT2D eigenvalue weighted by Crippen LogP contribution is -2.41. The first-order valence-electron chi connectivity index (χ1n) is 3.41. The van der Waals surface area contributed by atoms with Gasteiger partial charge in [-0.3, -0.25) is 19.9 Å². The molecule has 0 unspecified atom stereocenters. The summed E-state index contributed by atoms with van der Waals surface area (Å²) in [5.74, 6) is -0.819. The molecule has 0 aliphatic carbocycles. The highest BCUT2D eigenvalue weighted by Crippen LogP contribution is 2.06. The minimum atomic E-state index is -0.477.